The smallest absolute Gasteiger partial charge is 0.120 e. The summed E-state index contributed by atoms with van der Waals surface area (Å²) >= 11 is 0. The van der Waals surface area contributed by atoms with E-state index < -0.39 is 0 Å². The molecule has 0 aromatic carbocycles. The largest absolute Gasteiger partial charge is 0.303 e. The van der Waals surface area contributed by atoms with Crippen molar-refractivity contribution in [3.05, 3.63) is 11.1 Å². The highest BCUT2D eigenvalue weighted by Gasteiger charge is 2.14. The van der Waals surface area contributed by atoms with Gasteiger partial charge in [-0.15, -0.1) is 0 Å². The van der Waals surface area contributed by atoms with Crippen LogP contribution >= 0.6 is 0 Å². The molecule has 0 rings (SSSR count). The summed E-state index contributed by atoms with van der Waals surface area (Å²) in [6.45, 7) is 8.85. The van der Waals surface area contributed by atoms with Gasteiger partial charge < -0.3 is 4.79 Å². The van der Waals surface area contributed by atoms with Gasteiger partial charge in [0.05, 0.1) is 0 Å². The van der Waals surface area contributed by atoms with Crippen molar-refractivity contribution in [3.63, 3.8) is 0 Å². The Morgan fingerprint density at radius 3 is 2.00 bits per heavy atom. The Kier molecular flexibility index (Phi) is 8.35. The molecule has 1 unspecified atom stereocenters. The van der Waals surface area contributed by atoms with Crippen molar-refractivity contribution >= 4 is 6.29 Å². The first kappa shape index (κ1) is 14.4. The first-order valence-electron chi connectivity index (χ1n) is 6.39. The number of carbonyl (C=O) groups is 1. The molecule has 0 fully saturated rings. The zero-order chi connectivity index (χ0) is 11.7. The van der Waals surface area contributed by atoms with E-state index in [1.54, 1.807) is 11.1 Å². The topological polar surface area (TPSA) is 17.1 Å². The van der Waals surface area contributed by atoms with Crippen LogP contribution in [-0.4, -0.2) is 6.29 Å². The van der Waals surface area contributed by atoms with Crippen LogP contribution in [0.15, 0.2) is 11.1 Å². The molecule has 0 N–H and O–H groups in total. The van der Waals surface area contributed by atoms with Gasteiger partial charge in [0.2, 0.25) is 0 Å². The average Bonchev–Trinajstić information content (AvgIpc) is 2.25. The molecule has 1 atom stereocenters. The summed E-state index contributed by atoms with van der Waals surface area (Å²) in [6, 6.07) is 0. The van der Waals surface area contributed by atoms with E-state index in [1.807, 2.05) is 0 Å². The molecule has 0 spiro atoms. The Bertz CT molecular complexity index is 197. The summed E-state index contributed by atoms with van der Waals surface area (Å²) in [5, 5.41) is 0. The van der Waals surface area contributed by atoms with E-state index in [0.29, 0.717) is 12.3 Å². The molecule has 1 heteroatoms. The van der Waals surface area contributed by atoms with Crippen molar-refractivity contribution in [1.29, 1.82) is 0 Å². The lowest BCUT2D eigenvalue weighted by Gasteiger charge is -2.20. The zero-order valence-electron chi connectivity index (χ0n) is 10.8. The molecule has 1 nitrogen and oxygen atoms in total. The fraction of sp³-hybridized carbons (Fsp3) is 0.786. The summed E-state index contributed by atoms with van der Waals surface area (Å²) in [4.78, 5) is 10.7. The van der Waals surface area contributed by atoms with Crippen LogP contribution in [0.25, 0.3) is 0 Å². The third kappa shape index (κ3) is 4.63. The van der Waals surface area contributed by atoms with Crippen molar-refractivity contribution in [1.82, 2.24) is 0 Å². The second-order valence-electron chi connectivity index (χ2n) is 4.08. The van der Waals surface area contributed by atoms with E-state index in [2.05, 4.69) is 27.7 Å². The molecule has 15 heavy (non-hydrogen) atoms. The van der Waals surface area contributed by atoms with Gasteiger partial charge in [0.15, 0.2) is 0 Å². The SMILES string of the molecule is CCCC(CC=O)C(CC)=C(CC)CC. The molecule has 0 saturated heterocycles. The van der Waals surface area contributed by atoms with E-state index in [1.165, 1.54) is 6.42 Å². The summed E-state index contributed by atoms with van der Waals surface area (Å²) in [5.74, 6) is 0.507. The monoisotopic (exact) mass is 210 g/mol. The van der Waals surface area contributed by atoms with Crippen LogP contribution in [0.3, 0.4) is 0 Å². The van der Waals surface area contributed by atoms with Gasteiger partial charge in [0.1, 0.15) is 6.29 Å². The Morgan fingerprint density at radius 1 is 1.07 bits per heavy atom. The van der Waals surface area contributed by atoms with Gasteiger partial charge in [-0.05, 0) is 31.6 Å². The Balaban J connectivity index is 4.83. The van der Waals surface area contributed by atoms with Gasteiger partial charge in [0.25, 0.3) is 0 Å². The van der Waals surface area contributed by atoms with Crippen molar-refractivity contribution in [2.45, 2.75) is 66.2 Å². The lowest BCUT2D eigenvalue weighted by Crippen LogP contribution is -2.07. The van der Waals surface area contributed by atoms with E-state index >= 15 is 0 Å². The molecule has 0 bridgehead atoms. The maximum atomic E-state index is 10.7. The fourth-order valence-corrected chi connectivity index (χ4v) is 2.43. The number of carbonyl (C=O) groups excluding carboxylic acids is 1. The second-order valence-corrected chi connectivity index (χ2v) is 4.08. The second kappa shape index (κ2) is 8.70. The van der Waals surface area contributed by atoms with Crippen molar-refractivity contribution < 1.29 is 4.79 Å². The third-order valence-corrected chi connectivity index (χ3v) is 3.20. The van der Waals surface area contributed by atoms with Crippen LogP contribution in [0.1, 0.15) is 66.2 Å². The molecular weight excluding hydrogens is 184 g/mol. The van der Waals surface area contributed by atoms with Crippen LogP contribution in [0.4, 0.5) is 0 Å². The van der Waals surface area contributed by atoms with Gasteiger partial charge >= 0.3 is 0 Å². The molecule has 0 aromatic rings. The number of rotatable bonds is 8. The number of allylic oxidation sites excluding steroid dienone is 2. The fourth-order valence-electron chi connectivity index (χ4n) is 2.43. The van der Waals surface area contributed by atoms with E-state index in [4.69, 9.17) is 0 Å². The number of aldehydes is 1. The van der Waals surface area contributed by atoms with Crippen molar-refractivity contribution in [3.8, 4) is 0 Å². The molecule has 0 heterocycles. The van der Waals surface area contributed by atoms with Crippen LogP contribution in [-0.2, 0) is 4.79 Å². The molecule has 0 aliphatic carbocycles. The third-order valence-electron chi connectivity index (χ3n) is 3.20. The van der Waals surface area contributed by atoms with Crippen molar-refractivity contribution in [2.24, 2.45) is 5.92 Å². The molecule has 0 aromatic heterocycles. The highest BCUT2D eigenvalue weighted by molar-refractivity contribution is 5.51. The van der Waals surface area contributed by atoms with Gasteiger partial charge in [-0.3, -0.25) is 0 Å². The minimum atomic E-state index is 0.507. The highest BCUT2D eigenvalue weighted by atomic mass is 16.1. The lowest BCUT2D eigenvalue weighted by atomic mass is 9.85. The van der Waals surface area contributed by atoms with Crippen LogP contribution in [0, 0.1) is 5.92 Å². The Hall–Kier alpha value is -0.590. The number of hydrogen-bond acceptors (Lipinski definition) is 1. The summed E-state index contributed by atoms with van der Waals surface area (Å²) < 4.78 is 0. The molecule has 0 saturated carbocycles. The summed E-state index contributed by atoms with van der Waals surface area (Å²) in [7, 11) is 0. The van der Waals surface area contributed by atoms with Gasteiger partial charge in [0, 0.05) is 6.42 Å². The summed E-state index contributed by atoms with van der Waals surface area (Å²) in [6.07, 6.45) is 7.50. The maximum absolute atomic E-state index is 10.7. The van der Waals surface area contributed by atoms with Crippen LogP contribution in [0.5, 0.6) is 0 Å². The predicted octanol–water partition coefficient (Wildman–Crippen LogP) is 4.52. The van der Waals surface area contributed by atoms with Gasteiger partial charge in [-0.2, -0.15) is 0 Å². The first-order chi connectivity index (χ1) is 7.24. The van der Waals surface area contributed by atoms with E-state index in [-0.39, 0.29) is 0 Å². The molecule has 0 radical (unpaired) electrons. The zero-order valence-corrected chi connectivity index (χ0v) is 10.8. The highest BCUT2D eigenvalue weighted by Crippen LogP contribution is 2.28. The minimum Gasteiger partial charge on any atom is -0.303 e. The molecular formula is C14H26O. The quantitative estimate of drug-likeness (QED) is 0.425. The normalized spacial score (nSPS) is 12.3. The maximum Gasteiger partial charge on any atom is 0.120 e. The van der Waals surface area contributed by atoms with Crippen LogP contribution < -0.4 is 0 Å². The average molecular weight is 210 g/mol. The van der Waals surface area contributed by atoms with Crippen molar-refractivity contribution in [2.75, 3.05) is 0 Å². The Morgan fingerprint density at radius 2 is 1.67 bits per heavy atom. The Labute approximate surface area is 95.0 Å². The van der Waals surface area contributed by atoms with E-state index in [9.17, 15) is 4.79 Å². The predicted molar refractivity (Wildman–Crippen MR) is 67.0 cm³/mol. The summed E-state index contributed by atoms with van der Waals surface area (Å²) in [5.41, 5.74) is 3.12. The van der Waals surface area contributed by atoms with Crippen LogP contribution in [0.2, 0.25) is 0 Å². The number of hydrogen-bond donors (Lipinski definition) is 0. The first-order valence-corrected chi connectivity index (χ1v) is 6.39. The molecule has 88 valence electrons. The molecule has 0 amide bonds. The van der Waals surface area contributed by atoms with E-state index in [0.717, 1.165) is 32.0 Å². The lowest BCUT2D eigenvalue weighted by molar-refractivity contribution is -0.108. The van der Waals surface area contributed by atoms with Gasteiger partial charge in [-0.1, -0.05) is 45.3 Å². The molecule has 0 aliphatic rings. The standard InChI is InChI=1S/C14H26O/c1-5-9-13(10-11-15)14(8-4)12(6-2)7-3/h11,13H,5-10H2,1-4H3. The van der Waals surface area contributed by atoms with Gasteiger partial charge in [-0.25, -0.2) is 0 Å². The molecule has 0 aliphatic heterocycles. The minimum absolute atomic E-state index is 0.507.